The number of aromatic nitrogens is 2. The van der Waals surface area contributed by atoms with Crippen molar-refractivity contribution in [2.45, 2.75) is 39.8 Å². The Morgan fingerprint density at radius 2 is 1.97 bits per heavy atom. The van der Waals surface area contributed by atoms with Crippen LogP contribution in [0, 0.1) is 13.8 Å². The number of anilines is 1. The van der Waals surface area contributed by atoms with Gasteiger partial charge in [0.2, 0.25) is 0 Å². The average Bonchev–Trinajstić information content (AvgIpc) is 2.98. The Hall–Kier alpha value is -2.36. The molecule has 0 aromatic carbocycles. The highest BCUT2D eigenvalue weighted by Crippen LogP contribution is 2.28. The Morgan fingerprint density at radius 3 is 2.55 bits per heavy atom. The van der Waals surface area contributed by atoms with E-state index in [0.29, 0.717) is 18.9 Å². The normalized spacial score (nSPS) is 12.1. The highest BCUT2D eigenvalue weighted by Gasteiger charge is 2.30. The van der Waals surface area contributed by atoms with Crippen molar-refractivity contribution < 1.29 is 13.2 Å². The Morgan fingerprint density at radius 1 is 1.17 bits per heavy atom. The molecule has 0 aliphatic heterocycles. The first-order chi connectivity index (χ1) is 13.8. The lowest BCUT2D eigenvalue weighted by atomic mass is 10.3. The molecule has 0 aliphatic rings. The first-order valence-corrected chi connectivity index (χ1v) is 10.3. The van der Waals surface area contributed by atoms with Gasteiger partial charge in [-0.1, -0.05) is 0 Å². The van der Waals surface area contributed by atoms with Crippen LogP contribution in [0.4, 0.5) is 19.0 Å². The van der Waals surface area contributed by atoms with Crippen LogP contribution < -0.4 is 16.0 Å². The zero-order chi connectivity index (χ0) is 21.3. The third-order valence-corrected chi connectivity index (χ3v) is 5.18. The van der Waals surface area contributed by atoms with Crippen LogP contribution in [0.3, 0.4) is 0 Å². The Labute approximate surface area is 173 Å². The molecule has 0 aliphatic carbocycles. The summed E-state index contributed by atoms with van der Waals surface area (Å²) in [4.78, 5) is 14.1. The molecule has 0 bridgehead atoms. The number of alkyl halides is 3. The number of hydrogen-bond acceptors (Lipinski definition) is 5. The fourth-order valence-electron chi connectivity index (χ4n) is 2.43. The molecule has 2 aromatic rings. The highest BCUT2D eigenvalue weighted by atomic mass is 32.1. The summed E-state index contributed by atoms with van der Waals surface area (Å²) in [6.07, 6.45) is -1.97. The van der Waals surface area contributed by atoms with E-state index in [-0.39, 0.29) is 0 Å². The molecule has 6 nitrogen and oxygen atoms in total. The minimum atomic E-state index is -4.37. The van der Waals surface area contributed by atoms with Gasteiger partial charge in [0.15, 0.2) is 5.96 Å². The fourth-order valence-corrected chi connectivity index (χ4v) is 3.36. The predicted molar refractivity (Wildman–Crippen MR) is 112 cm³/mol. The smallest absolute Gasteiger partial charge is 0.370 e. The molecular formula is C19H27F3N6S. The topological polar surface area (TPSA) is 74.2 Å². The van der Waals surface area contributed by atoms with Gasteiger partial charge in [0.25, 0.3) is 0 Å². The van der Waals surface area contributed by atoms with E-state index in [1.165, 1.54) is 10.9 Å². The number of guanidine groups is 1. The van der Waals surface area contributed by atoms with Crippen molar-refractivity contribution in [1.29, 1.82) is 0 Å². The molecule has 0 fully saturated rings. The summed E-state index contributed by atoms with van der Waals surface area (Å²) in [6.45, 7) is 8.74. The van der Waals surface area contributed by atoms with Crippen LogP contribution in [-0.2, 0) is 12.6 Å². The standard InChI is InChI=1S/C19H27F3N6S/c1-4-23-18(26-11-8-17-28-13(2)14(3)29-17)25-10-5-9-24-16-7-6-15(12-27-16)19(20,21)22/h6-7,12H,4-5,8-11H2,1-3H3,(H,24,27)(H2,23,25,26). The molecule has 2 aromatic heterocycles. The van der Waals surface area contributed by atoms with Crippen LogP contribution in [-0.4, -0.2) is 42.1 Å². The number of pyridine rings is 1. The lowest BCUT2D eigenvalue weighted by molar-refractivity contribution is -0.137. The van der Waals surface area contributed by atoms with Crippen LogP contribution in [0.15, 0.2) is 23.3 Å². The first kappa shape index (κ1) is 22.9. The number of nitrogens with one attached hydrogen (secondary N) is 3. The van der Waals surface area contributed by atoms with Crippen LogP contribution in [0.25, 0.3) is 0 Å². The van der Waals surface area contributed by atoms with Crippen molar-refractivity contribution in [1.82, 2.24) is 20.6 Å². The zero-order valence-corrected chi connectivity index (χ0v) is 17.7. The Bertz CT molecular complexity index is 767. The van der Waals surface area contributed by atoms with E-state index in [0.717, 1.165) is 54.9 Å². The van der Waals surface area contributed by atoms with Gasteiger partial charge in [-0.05, 0) is 39.3 Å². The van der Waals surface area contributed by atoms with Crippen molar-refractivity contribution in [3.63, 3.8) is 0 Å². The molecule has 29 heavy (non-hydrogen) atoms. The summed E-state index contributed by atoms with van der Waals surface area (Å²) < 4.78 is 37.6. The highest BCUT2D eigenvalue weighted by molar-refractivity contribution is 7.11. The molecule has 0 spiro atoms. The van der Waals surface area contributed by atoms with Crippen LogP contribution in [0.5, 0.6) is 0 Å². The van der Waals surface area contributed by atoms with Gasteiger partial charge in [-0.25, -0.2) is 9.97 Å². The van der Waals surface area contributed by atoms with Crippen molar-refractivity contribution in [2.75, 3.05) is 31.5 Å². The van der Waals surface area contributed by atoms with Crippen LogP contribution in [0.2, 0.25) is 0 Å². The SMILES string of the molecule is CCNC(=NCCCNc1ccc(C(F)(F)F)cn1)NCCc1nc(C)c(C)s1. The summed E-state index contributed by atoms with van der Waals surface area (Å²) >= 11 is 1.72. The van der Waals surface area contributed by atoms with E-state index < -0.39 is 11.7 Å². The first-order valence-electron chi connectivity index (χ1n) is 9.51. The number of thiazole rings is 1. The van der Waals surface area contributed by atoms with E-state index >= 15 is 0 Å². The molecule has 0 unspecified atom stereocenters. The van der Waals surface area contributed by atoms with E-state index in [4.69, 9.17) is 0 Å². The molecule has 0 radical (unpaired) electrons. The van der Waals surface area contributed by atoms with Gasteiger partial charge in [-0.15, -0.1) is 11.3 Å². The molecule has 2 rings (SSSR count). The summed E-state index contributed by atoms with van der Waals surface area (Å²) in [7, 11) is 0. The van der Waals surface area contributed by atoms with Gasteiger partial charge in [-0.3, -0.25) is 4.99 Å². The number of hydrogen-bond donors (Lipinski definition) is 3. The van der Waals surface area contributed by atoms with Gasteiger partial charge in [-0.2, -0.15) is 13.2 Å². The second-order valence-corrected chi connectivity index (χ2v) is 7.68. The van der Waals surface area contributed by atoms with Gasteiger partial charge in [0, 0.05) is 43.7 Å². The van der Waals surface area contributed by atoms with Crippen molar-refractivity contribution in [3.05, 3.63) is 39.5 Å². The molecule has 0 saturated carbocycles. The van der Waals surface area contributed by atoms with E-state index in [2.05, 4.69) is 37.8 Å². The third-order valence-electron chi connectivity index (χ3n) is 4.05. The number of nitrogens with zero attached hydrogens (tertiary/aromatic N) is 3. The number of aryl methyl sites for hydroxylation is 2. The fraction of sp³-hybridized carbons (Fsp3) is 0.526. The summed E-state index contributed by atoms with van der Waals surface area (Å²) in [5.41, 5.74) is 0.331. The minimum Gasteiger partial charge on any atom is -0.370 e. The van der Waals surface area contributed by atoms with Gasteiger partial charge in [0.1, 0.15) is 5.82 Å². The van der Waals surface area contributed by atoms with Crippen molar-refractivity contribution in [2.24, 2.45) is 4.99 Å². The summed E-state index contributed by atoms with van der Waals surface area (Å²) in [6, 6.07) is 2.35. The van der Waals surface area contributed by atoms with Crippen LogP contribution >= 0.6 is 11.3 Å². The predicted octanol–water partition coefficient (Wildman–Crippen LogP) is 3.77. The van der Waals surface area contributed by atoms with E-state index in [9.17, 15) is 13.2 Å². The zero-order valence-electron chi connectivity index (χ0n) is 16.9. The molecule has 10 heteroatoms. The molecule has 3 N–H and O–H groups in total. The maximum Gasteiger partial charge on any atom is 0.417 e. The van der Waals surface area contributed by atoms with Crippen molar-refractivity contribution in [3.8, 4) is 0 Å². The molecule has 0 atom stereocenters. The quantitative estimate of drug-likeness (QED) is 0.322. The maximum absolute atomic E-state index is 12.5. The lowest BCUT2D eigenvalue weighted by Crippen LogP contribution is -2.38. The monoisotopic (exact) mass is 428 g/mol. The average molecular weight is 429 g/mol. The van der Waals surface area contributed by atoms with Gasteiger partial charge < -0.3 is 16.0 Å². The number of halogens is 3. The molecule has 160 valence electrons. The molecule has 0 saturated heterocycles. The van der Waals surface area contributed by atoms with Crippen molar-refractivity contribution >= 4 is 23.1 Å². The third kappa shape index (κ3) is 7.88. The van der Waals surface area contributed by atoms with Gasteiger partial charge >= 0.3 is 6.18 Å². The van der Waals surface area contributed by atoms with Gasteiger partial charge in [0.05, 0.1) is 16.3 Å². The largest absolute Gasteiger partial charge is 0.417 e. The Kier molecular flexibility index (Phi) is 8.69. The lowest BCUT2D eigenvalue weighted by Gasteiger charge is -2.11. The maximum atomic E-state index is 12.5. The minimum absolute atomic E-state index is 0.418. The number of rotatable bonds is 9. The summed E-state index contributed by atoms with van der Waals surface area (Å²) in [5.74, 6) is 1.16. The molecular weight excluding hydrogens is 401 g/mol. The molecule has 0 amide bonds. The molecule has 2 heterocycles. The second-order valence-electron chi connectivity index (χ2n) is 6.40. The summed E-state index contributed by atoms with van der Waals surface area (Å²) in [5, 5.41) is 10.6. The van der Waals surface area contributed by atoms with E-state index in [1.54, 1.807) is 11.3 Å². The van der Waals surface area contributed by atoms with Crippen LogP contribution in [0.1, 0.15) is 34.5 Å². The number of aliphatic imine (C=N–C) groups is 1. The van der Waals surface area contributed by atoms with E-state index in [1.807, 2.05) is 13.8 Å². The second kappa shape index (κ2) is 11.0. The Balaban J connectivity index is 1.71.